The highest BCUT2D eigenvalue weighted by molar-refractivity contribution is 5.94. The average Bonchev–Trinajstić information content (AvgIpc) is 2.56. The second-order valence-corrected chi connectivity index (χ2v) is 5.11. The zero-order valence-electron chi connectivity index (χ0n) is 11.8. The molecule has 1 aromatic heterocycles. The number of carbonyl (C=O) groups is 1. The highest BCUT2D eigenvalue weighted by atomic mass is 16.2. The maximum Gasteiger partial charge on any atom is 0.253 e. The quantitative estimate of drug-likeness (QED) is 0.850. The van der Waals surface area contributed by atoms with Gasteiger partial charge in [-0.15, -0.1) is 0 Å². The molecule has 0 bridgehead atoms. The van der Waals surface area contributed by atoms with Crippen LogP contribution >= 0.6 is 0 Å². The van der Waals surface area contributed by atoms with Crippen LogP contribution in [0.4, 0.5) is 11.4 Å². The van der Waals surface area contributed by atoms with Gasteiger partial charge >= 0.3 is 0 Å². The molecule has 0 saturated carbocycles. The van der Waals surface area contributed by atoms with Crippen LogP contribution in [0.5, 0.6) is 0 Å². The summed E-state index contributed by atoms with van der Waals surface area (Å²) in [5.74, 6) is 0.0735. The van der Waals surface area contributed by atoms with Gasteiger partial charge in [0.25, 0.3) is 5.91 Å². The summed E-state index contributed by atoms with van der Waals surface area (Å²) in [5, 5.41) is 0. The van der Waals surface area contributed by atoms with Gasteiger partial charge in [-0.25, -0.2) is 0 Å². The lowest BCUT2D eigenvalue weighted by molar-refractivity contribution is 0.0747. The van der Waals surface area contributed by atoms with Crippen LogP contribution < -0.4 is 10.6 Å². The topological polar surface area (TPSA) is 62.5 Å². The highest BCUT2D eigenvalue weighted by Crippen LogP contribution is 2.16. The number of nitrogen functional groups attached to an aromatic ring is 1. The van der Waals surface area contributed by atoms with Crippen LogP contribution in [-0.4, -0.2) is 42.0 Å². The number of nitrogens with two attached hydrogens (primary N) is 1. The third-order valence-electron chi connectivity index (χ3n) is 3.75. The van der Waals surface area contributed by atoms with Crippen molar-refractivity contribution < 1.29 is 4.79 Å². The summed E-state index contributed by atoms with van der Waals surface area (Å²) in [6.45, 7) is 3.13. The fourth-order valence-corrected chi connectivity index (χ4v) is 2.53. The molecule has 1 fully saturated rings. The largest absolute Gasteiger partial charge is 0.399 e. The monoisotopic (exact) mass is 282 g/mol. The van der Waals surface area contributed by atoms with Gasteiger partial charge in [-0.2, -0.15) is 0 Å². The van der Waals surface area contributed by atoms with Crippen molar-refractivity contribution in [1.29, 1.82) is 0 Å². The molecular weight excluding hydrogens is 264 g/mol. The summed E-state index contributed by atoms with van der Waals surface area (Å²) < 4.78 is 0. The molecule has 5 heteroatoms. The SMILES string of the molecule is Nc1ccc(C(=O)N2CCN(c3ccncc3)CC2)cc1. The Kier molecular flexibility index (Phi) is 3.73. The molecule has 1 saturated heterocycles. The van der Waals surface area contributed by atoms with Crippen LogP contribution in [0.15, 0.2) is 48.8 Å². The van der Waals surface area contributed by atoms with Crippen molar-refractivity contribution in [3.05, 3.63) is 54.4 Å². The fraction of sp³-hybridized carbons (Fsp3) is 0.250. The standard InChI is InChI=1S/C16H18N4O/c17-14-3-1-13(2-4-14)16(21)20-11-9-19(10-12-20)15-5-7-18-8-6-15/h1-8H,9-12,17H2. The van der Waals surface area contributed by atoms with E-state index in [4.69, 9.17) is 5.73 Å². The predicted octanol–water partition coefficient (Wildman–Crippen LogP) is 1.63. The Balaban J connectivity index is 1.63. The van der Waals surface area contributed by atoms with Crippen molar-refractivity contribution in [2.75, 3.05) is 36.8 Å². The van der Waals surface area contributed by atoms with Crippen LogP contribution in [0, 0.1) is 0 Å². The first kappa shape index (κ1) is 13.4. The highest BCUT2D eigenvalue weighted by Gasteiger charge is 2.22. The number of hydrogen-bond donors (Lipinski definition) is 1. The molecule has 0 aliphatic carbocycles. The van der Waals surface area contributed by atoms with Gasteiger partial charge in [0.15, 0.2) is 0 Å². The predicted molar refractivity (Wildman–Crippen MR) is 83.2 cm³/mol. The van der Waals surface area contributed by atoms with Crippen LogP contribution in [0.1, 0.15) is 10.4 Å². The van der Waals surface area contributed by atoms with E-state index in [-0.39, 0.29) is 5.91 Å². The van der Waals surface area contributed by atoms with E-state index < -0.39 is 0 Å². The van der Waals surface area contributed by atoms with Crippen LogP contribution in [-0.2, 0) is 0 Å². The van der Waals surface area contributed by atoms with Crippen molar-refractivity contribution in [3.63, 3.8) is 0 Å². The fourth-order valence-electron chi connectivity index (χ4n) is 2.53. The second-order valence-electron chi connectivity index (χ2n) is 5.11. The van der Waals surface area contributed by atoms with E-state index in [9.17, 15) is 4.79 Å². The van der Waals surface area contributed by atoms with Crippen molar-refractivity contribution in [1.82, 2.24) is 9.88 Å². The molecule has 0 atom stereocenters. The van der Waals surface area contributed by atoms with E-state index in [0.29, 0.717) is 11.3 Å². The summed E-state index contributed by atoms with van der Waals surface area (Å²) in [5.41, 5.74) is 8.18. The normalized spacial score (nSPS) is 15.0. The summed E-state index contributed by atoms with van der Waals surface area (Å²) >= 11 is 0. The van der Waals surface area contributed by atoms with Gasteiger partial charge in [-0.3, -0.25) is 9.78 Å². The van der Waals surface area contributed by atoms with E-state index in [1.165, 1.54) is 0 Å². The lowest BCUT2D eigenvalue weighted by Crippen LogP contribution is -2.48. The molecule has 5 nitrogen and oxygen atoms in total. The lowest BCUT2D eigenvalue weighted by Gasteiger charge is -2.36. The van der Waals surface area contributed by atoms with Gasteiger partial charge in [0.05, 0.1) is 0 Å². The number of carbonyl (C=O) groups excluding carboxylic acids is 1. The van der Waals surface area contributed by atoms with E-state index in [1.54, 1.807) is 36.7 Å². The molecular formula is C16H18N4O. The Morgan fingerprint density at radius 2 is 1.57 bits per heavy atom. The minimum Gasteiger partial charge on any atom is -0.399 e. The first-order valence-corrected chi connectivity index (χ1v) is 7.04. The maximum absolute atomic E-state index is 12.4. The van der Waals surface area contributed by atoms with Crippen LogP contribution in [0.3, 0.4) is 0 Å². The Labute approximate surface area is 124 Å². The number of hydrogen-bond acceptors (Lipinski definition) is 4. The summed E-state index contributed by atoms with van der Waals surface area (Å²) in [7, 11) is 0. The number of anilines is 2. The number of piperazine rings is 1. The molecule has 1 aromatic carbocycles. The summed E-state index contributed by atoms with van der Waals surface area (Å²) in [6.07, 6.45) is 3.59. The first-order valence-electron chi connectivity index (χ1n) is 7.04. The summed E-state index contributed by atoms with van der Waals surface area (Å²) in [4.78, 5) is 20.6. The molecule has 0 unspecified atom stereocenters. The molecule has 0 spiro atoms. The molecule has 1 amide bonds. The third-order valence-corrected chi connectivity index (χ3v) is 3.75. The molecule has 2 heterocycles. The number of amides is 1. The lowest BCUT2D eigenvalue weighted by atomic mass is 10.1. The molecule has 3 rings (SSSR count). The second kappa shape index (κ2) is 5.83. The van der Waals surface area contributed by atoms with Crippen LogP contribution in [0.2, 0.25) is 0 Å². The first-order chi connectivity index (χ1) is 10.2. The zero-order chi connectivity index (χ0) is 14.7. The molecule has 2 aromatic rings. The van der Waals surface area contributed by atoms with E-state index in [0.717, 1.165) is 31.9 Å². The molecule has 1 aliphatic heterocycles. The van der Waals surface area contributed by atoms with Gasteiger partial charge in [0, 0.05) is 55.5 Å². The number of benzene rings is 1. The van der Waals surface area contributed by atoms with Crippen molar-refractivity contribution >= 4 is 17.3 Å². The van der Waals surface area contributed by atoms with Gasteiger partial charge in [0.1, 0.15) is 0 Å². The number of rotatable bonds is 2. The maximum atomic E-state index is 12.4. The summed E-state index contributed by atoms with van der Waals surface area (Å²) in [6, 6.07) is 11.1. The van der Waals surface area contributed by atoms with E-state index >= 15 is 0 Å². The smallest absolute Gasteiger partial charge is 0.253 e. The average molecular weight is 282 g/mol. The van der Waals surface area contributed by atoms with E-state index in [2.05, 4.69) is 9.88 Å². The molecule has 1 aliphatic rings. The Hall–Kier alpha value is -2.56. The Bertz CT molecular complexity index is 604. The number of aromatic nitrogens is 1. The van der Waals surface area contributed by atoms with Gasteiger partial charge in [-0.1, -0.05) is 0 Å². The Morgan fingerprint density at radius 3 is 2.19 bits per heavy atom. The zero-order valence-corrected chi connectivity index (χ0v) is 11.8. The molecule has 21 heavy (non-hydrogen) atoms. The van der Waals surface area contributed by atoms with Gasteiger partial charge < -0.3 is 15.5 Å². The van der Waals surface area contributed by atoms with Crippen molar-refractivity contribution in [2.45, 2.75) is 0 Å². The van der Waals surface area contributed by atoms with E-state index in [1.807, 2.05) is 17.0 Å². The minimum absolute atomic E-state index is 0.0735. The minimum atomic E-state index is 0.0735. The molecule has 108 valence electrons. The van der Waals surface area contributed by atoms with Crippen molar-refractivity contribution in [2.24, 2.45) is 0 Å². The van der Waals surface area contributed by atoms with Gasteiger partial charge in [-0.05, 0) is 36.4 Å². The third kappa shape index (κ3) is 2.97. The number of pyridine rings is 1. The molecule has 0 radical (unpaired) electrons. The Morgan fingerprint density at radius 1 is 0.952 bits per heavy atom. The number of nitrogens with zero attached hydrogens (tertiary/aromatic N) is 3. The van der Waals surface area contributed by atoms with Crippen molar-refractivity contribution in [3.8, 4) is 0 Å². The van der Waals surface area contributed by atoms with Gasteiger partial charge in [0.2, 0.25) is 0 Å². The van der Waals surface area contributed by atoms with Crippen LogP contribution in [0.25, 0.3) is 0 Å². The molecule has 2 N–H and O–H groups in total.